The number of hydrogen-bond donors (Lipinski definition) is 1. The summed E-state index contributed by atoms with van der Waals surface area (Å²) in [5, 5.41) is 9.15. The maximum Gasteiger partial charge on any atom is 0.511 e. The molecule has 2 aromatic carbocycles. The molecule has 0 bridgehead atoms. The molecule has 0 spiro atoms. The van der Waals surface area contributed by atoms with Gasteiger partial charge in [0.15, 0.2) is 0 Å². The van der Waals surface area contributed by atoms with Gasteiger partial charge in [0.05, 0.1) is 34.9 Å². The van der Waals surface area contributed by atoms with Gasteiger partial charge >= 0.3 is 28.2 Å². The first-order valence-corrected chi connectivity index (χ1v) is 12.5. The molecule has 1 aliphatic carbocycles. The van der Waals surface area contributed by atoms with Gasteiger partial charge in [-0.05, 0) is 48.2 Å². The highest BCUT2D eigenvalue weighted by Crippen LogP contribution is 2.42. The Morgan fingerprint density at radius 3 is 2.42 bits per heavy atom. The van der Waals surface area contributed by atoms with E-state index in [0.717, 1.165) is 25.4 Å². The quantitative estimate of drug-likeness (QED) is 0.495. The summed E-state index contributed by atoms with van der Waals surface area (Å²) in [5.41, 5.74) is -2.35. The molecule has 0 radical (unpaired) electrons. The van der Waals surface area contributed by atoms with Crippen molar-refractivity contribution in [2.24, 2.45) is 0 Å². The molecule has 38 heavy (non-hydrogen) atoms. The van der Waals surface area contributed by atoms with Crippen LogP contribution in [0.4, 0.5) is 29.3 Å². The van der Waals surface area contributed by atoms with Crippen molar-refractivity contribution >= 4 is 27.7 Å². The summed E-state index contributed by atoms with van der Waals surface area (Å²) in [5.74, 6) is -0.754. The summed E-state index contributed by atoms with van der Waals surface area (Å²) >= 11 is 0. The topological polar surface area (TPSA) is 131 Å². The minimum Gasteiger partial charge on any atom is -0.449 e. The van der Waals surface area contributed by atoms with Crippen LogP contribution >= 0.6 is 0 Å². The number of carboxylic acid groups (broad SMARTS) is 1. The maximum atomic E-state index is 13.6. The van der Waals surface area contributed by atoms with Crippen LogP contribution in [0.1, 0.15) is 29.2 Å². The van der Waals surface area contributed by atoms with Gasteiger partial charge in [0, 0.05) is 14.1 Å². The van der Waals surface area contributed by atoms with Crippen molar-refractivity contribution < 1.29 is 36.2 Å². The molecule has 1 atom stereocenters. The standard InChI is InChI=1S/C23H19F3N4O7S/c1-27-17-8-6-12(10-18(17)28(2)38(27,35)36)29-11-19(37-22(33)34)20(31)30(21(29)32)16-9-7-13-14(16)4-3-5-15(13)23(24,25)26/h3-6,8,10-11,16H,7,9H2,1-2H3,(H,33,34)/t16-/m1/s1. The fourth-order valence-electron chi connectivity index (χ4n) is 4.95. The van der Waals surface area contributed by atoms with E-state index >= 15 is 0 Å². The van der Waals surface area contributed by atoms with Crippen LogP contribution in [0, 0.1) is 0 Å². The van der Waals surface area contributed by atoms with E-state index in [1.807, 2.05) is 0 Å². The van der Waals surface area contributed by atoms with Gasteiger partial charge < -0.3 is 9.84 Å². The summed E-state index contributed by atoms with van der Waals surface area (Å²) in [6.07, 6.45) is -5.73. The third-order valence-electron chi connectivity index (χ3n) is 6.75. The van der Waals surface area contributed by atoms with Gasteiger partial charge in [-0.3, -0.25) is 18.0 Å². The largest absolute Gasteiger partial charge is 0.511 e. The zero-order chi connectivity index (χ0) is 27.7. The van der Waals surface area contributed by atoms with Gasteiger partial charge in [-0.2, -0.15) is 21.6 Å². The van der Waals surface area contributed by atoms with Crippen molar-refractivity contribution in [3.05, 3.63) is 80.1 Å². The Hall–Kier alpha value is -4.27. The Morgan fingerprint density at radius 1 is 1.08 bits per heavy atom. The molecule has 1 aromatic heterocycles. The number of aromatic nitrogens is 2. The molecule has 0 fully saturated rings. The number of fused-ring (bicyclic) bond motifs is 2. The van der Waals surface area contributed by atoms with Crippen LogP contribution in [0.15, 0.2) is 52.2 Å². The zero-order valence-electron chi connectivity index (χ0n) is 19.8. The fourth-order valence-corrected chi connectivity index (χ4v) is 6.12. The monoisotopic (exact) mass is 552 g/mol. The van der Waals surface area contributed by atoms with Gasteiger partial charge in [-0.25, -0.2) is 14.2 Å². The minimum atomic E-state index is -4.65. The number of alkyl halides is 3. The van der Waals surface area contributed by atoms with E-state index in [1.54, 1.807) is 0 Å². The molecular weight excluding hydrogens is 533 g/mol. The van der Waals surface area contributed by atoms with E-state index < -0.39 is 51.1 Å². The van der Waals surface area contributed by atoms with Crippen molar-refractivity contribution in [2.45, 2.75) is 25.1 Å². The van der Waals surface area contributed by atoms with E-state index in [9.17, 15) is 36.0 Å². The highest BCUT2D eigenvalue weighted by molar-refractivity contribution is 7.94. The van der Waals surface area contributed by atoms with E-state index in [1.165, 1.54) is 44.4 Å². The third kappa shape index (κ3) is 3.72. The second kappa shape index (κ2) is 8.37. The van der Waals surface area contributed by atoms with Crippen molar-refractivity contribution in [1.82, 2.24) is 9.13 Å². The highest BCUT2D eigenvalue weighted by atomic mass is 32.2. The molecule has 2 heterocycles. The van der Waals surface area contributed by atoms with Crippen molar-refractivity contribution in [3.63, 3.8) is 0 Å². The number of ether oxygens (including phenoxy) is 1. The lowest BCUT2D eigenvalue weighted by atomic mass is 10.0. The fraction of sp³-hybridized carbons (Fsp3) is 0.261. The number of rotatable bonds is 3. The Kier molecular flexibility index (Phi) is 5.59. The SMILES string of the molecule is CN1c2ccc(-n3cc(OC(=O)O)c(=O)n([C@@H]4CCc5c4cccc5C(F)(F)F)c3=O)cc2N(C)S1(=O)=O. The average Bonchev–Trinajstić information content (AvgIpc) is 3.33. The molecule has 2 aliphatic rings. The van der Waals surface area contributed by atoms with Crippen LogP contribution in [0.3, 0.4) is 0 Å². The van der Waals surface area contributed by atoms with Crippen molar-refractivity contribution in [1.29, 1.82) is 0 Å². The summed E-state index contributed by atoms with van der Waals surface area (Å²) in [7, 11) is -1.20. The first-order valence-electron chi connectivity index (χ1n) is 11.1. The summed E-state index contributed by atoms with van der Waals surface area (Å²) in [6.45, 7) is 0. The number of carbonyl (C=O) groups is 1. The Bertz CT molecular complexity index is 1730. The zero-order valence-corrected chi connectivity index (χ0v) is 20.6. The molecule has 200 valence electrons. The molecule has 15 heteroatoms. The molecule has 3 aromatic rings. The smallest absolute Gasteiger partial charge is 0.449 e. The van der Waals surface area contributed by atoms with E-state index in [-0.39, 0.29) is 35.3 Å². The first kappa shape index (κ1) is 25.4. The number of anilines is 2. The Morgan fingerprint density at radius 2 is 1.76 bits per heavy atom. The molecule has 5 rings (SSSR count). The van der Waals surface area contributed by atoms with Crippen LogP contribution in [0.5, 0.6) is 5.75 Å². The van der Waals surface area contributed by atoms with E-state index in [4.69, 9.17) is 5.11 Å². The molecule has 11 nitrogen and oxygen atoms in total. The lowest BCUT2D eigenvalue weighted by molar-refractivity contribution is -0.138. The molecule has 0 saturated carbocycles. The van der Waals surface area contributed by atoms with Gasteiger partial charge in [-0.1, -0.05) is 12.1 Å². The lowest BCUT2D eigenvalue weighted by Gasteiger charge is -2.19. The van der Waals surface area contributed by atoms with Gasteiger partial charge in [-0.15, -0.1) is 0 Å². The van der Waals surface area contributed by atoms with Crippen molar-refractivity contribution in [2.75, 3.05) is 22.7 Å². The van der Waals surface area contributed by atoms with E-state index in [2.05, 4.69) is 4.74 Å². The first-order chi connectivity index (χ1) is 17.7. The number of benzene rings is 2. The number of hydrogen-bond acceptors (Lipinski definition) is 6. The van der Waals surface area contributed by atoms with Crippen LogP contribution < -0.4 is 24.6 Å². The number of nitrogens with zero attached hydrogens (tertiary/aromatic N) is 4. The minimum absolute atomic E-state index is 0.0237. The Balaban J connectivity index is 1.73. The van der Waals surface area contributed by atoms with E-state index in [0.29, 0.717) is 10.3 Å². The van der Waals surface area contributed by atoms with Crippen molar-refractivity contribution in [3.8, 4) is 11.4 Å². The van der Waals surface area contributed by atoms with Gasteiger partial charge in [0.1, 0.15) is 0 Å². The molecule has 0 amide bonds. The van der Waals surface area contributed by atoms with Crippen LogP contribution in [-0.4, -0.2) is 42.9 Å². The Labute approximate surface area is 212 Å². The van der Waals surface area contributed by atoms with Gasteiger partial charge in [0.25, 0.3) is 5.56 Å². The van der Waals surface area contributed by atoms with Crippen LogP contribution in [-0.2, 0) is 22.8 Å². The highest BCUT2D eigenvalue weighted by Gasteiger charge is 2.39. The molecule has 0 unspecified atom stereocenters. The average molecular weight is 552 g/mol. The van der Waals surface area contributed by atoms with Gasteiger partial charge in [0.2, 0.25) is 5.75 Å². The predicted molar refractivity (Wildman–Crippen MR) is 129 cm³/mol. The second-order valence-corrected chi connectivity index (χ2v) is 10.7. The molecular formula is C23H19F3N4O7S. The normalized spacial score (nSPS) is 17.9. The third-order valence-corrected chi connectivity index (χ3v) is 8.53. The van der Waals surface area contributed by atoms with Crippen LogP contribution in [0.25, 0.3) is 5.69 Å². The molecule has 1 N–H and O–H groups in total. The summed E-state index contributed by atoms with van der Waals surface area (Å²) in [6, 6.07) is 6.50. The summed E-state index contributed by atoms with van der Waals surface area (Å²) in [4.78, 5) is 38.1. The maximum absolute atomic E-state index is 13.6. The number of halogens is 3. The molecule has 1 aliphatic heterocycles. The lowest BCUT2D eigenvalue weighted by Crippen LogP contribution is -2.42. The summed E-state index contributed by atoms with van der Waals surface area (Å²) < 4.78 is 73.9. The second-order valence-electron chi connectivity index (χ2n) is 8.73. The molecule has 0 saturated heterocycles. The van der Waals surface area contributed by atoms with Crippen LogP contribution in [0.2, 0.25) is 0 Å². The predicted octanol–water partition coefficient (Wildman–Crippen LogP) is 2.74.